The average Bonchev–Trinajstić information content (AvgIpc) is 3.10. The Hall–Kier alpha value is -1.77. The number of nitrogens with zero attached hydrogens (tertiary/aromatic N) is 5. The molecular weight excluding hydrogens is 338 g/mol. The van der Waals surface area contributed by atoms with Gasteiger partial charge in [0, 0.05) is 51.5 Å². The molecule has 0 aromatic carbocycles. The number of pyridine rings is 1. The molecule has 0 unspecified atom stereocenters. The standard InChI is InChI=1S/C17H25N5O2S/c1-4-22-17(10-11-18-22)16-9-5-8-15(19-16)14-7-6-12-21(13-14)25(23,24)20(2)3/h5,8-11,14H,4,6-7,12-13H2,1-3H3/t14-/m1/s1. The normalized spacial score (nSPS) is 19.4. The first-order valence-electron chi connectivity index (χ1n) is 8.60. The molecule has 2 aromatic heterocycles. The molecule has 7 nitrogen and oxygen atoms in total. The second-order valence-electron chi connectivity index (χ2n) is 6.47. The van der Waals surface area contributed by atoms with Crippen molar-refractivity contribution in [2.75, 3.05) is 27.2 Å². The molecule has 1 saturated heterocycles. The highest BCUT2D eigenvalue weighted by Crippen LogP contribution is 2.29. The zero-order valence-electron chi connectivity index (χ0n) is 15.0. The van der Waals surface area contributed by atoms with Crippen molar-refractivity contribution >= 4 is 10.2 Å². The quantitative estimate of drug-likeness (QED) is 0.814. The van der Waals surface area contributed by atoms with Gasteiger partial charge < -0.3 is 0 Å². The second kappa shape index (κ2) is 7.23. The zero-order chi connectivity index (χ0) is 18.0. The molecule has 25 heavy (non-hydrogen) atoms. The Morgan fingerprint density at radius 1 is 1.28 bits per heavy atom. The van der Waals surface area contributed by atoms with Crippen LogP contribution < -0.4 is 0 Å². The van der Waals surface area contributed by atoms with Gasteiger partial charge in [-0.15, -0.1) is 0 Å². The summed E-state index contributed by atoms with van der Waals surface area (Å²) in [4.78, 5) is 4.81. The molecule has 8 heteroatoms. The number of rotatable bonds is 5. The van der Waals surface area contributed by atoms with E-state index >= 15 is 0 Å². The van der Waals surface area contributed by atoms with Crippen molar-refractivity contribution < 1.29 is 8.42 Å². The van der Waals surface area contributed by atoms with Crippen molar-refractivity contribution in [2.24, 2.45) is 0 Å². The van der Waals surface area contributed by atoms with Crippen molar-refractivity contribution in [1.29, 1.82) is 0 Å². The second-order valence-corrected chi connectivity index (χ2v) is 8.61. The molecule has 3 rings (SSSR count). The molecule has 136 valence electrons. The lowest BCUT2D eigenvalue weighted by atomic mass is 9.95. The van der Waals surface area contributed by atoms with Gasteiger partial charge in [-0.1, -0.05) is 6.07 Å². The van der Waals surface area contributed by atoms with Crippen molar-refractivity contribution in [3.8, 4) is 11.4 Å². The summed E-state index contributed by atoms with van der Waals surface area (Å²) in [5.41, 5.74) is 2.81. The minimum absolute atomic E-state index is 0.112. The first-order chi connectivity index (χ1) is 11.9. The third kappa shape index (κ3) is 3.61. The summed E-state index contributed by atoms with van der Waals surface area (Å²) in [7, 11) is -0.234. The summed E-state index contributed by atoms with van der Waals surface area (Å²) in [5, 5.41) is 4.30. The largest absolute Gasteiger partial charge is 0.281 e. The van der Waals surface area contributed by atoms with E-state index in [-0.39, 0.29) is 5.92 Å². The number of hydrogen-bond acceptors (Lipinski definition) is 4. The van der Waals surface area contributed by atoms with Gasteiger partial charge in [0.05, 0.1) is 11.4 Å². The third-order valence-electron chi connectivity index (χ3n) is 4.64. The van der Waals surface area contributed by atoms with E-state index in [1.165, 1.54) is 4.31 Å². The topological polar surface area (TPSA) is 71.3 Å². The van der Waals surface area contributed by atoms with Crippen LogP contribution in [0.2, 0.25) is 0 Å². The molecule has 2 aromatic rings. The maximum absolute atomic E-state index is 12.4. The fraction of sp³-hybridized carbons (Fsp3) is 0.529. The Kier molecular flexibility index (Phi) is 5.21. The minimum atomic E-state index is -3.38. The van der Waals surface area contributed by atoms with Crippen LogP contribution >= 0.6 is 0 Å². The van der Waals surface area contributed by atoms with Crippen molar-refractivity contribution in [3.05, 3.63) is 36.2 Å². The summed E-state index contributed by atoms with van der Waals surface area (Å²) in [6, 6.07) is 7.92. The van der Waals surface area contributed by atoms with Crippen LogP contribution in [0.4, 0.5) is 0 Å². The van der Waals surface area contributed by atoms with Gasteiger partial charge in [-0.3, -0.25) is 9.67 Å². The van der Waals surface area contributed by atoms with Crippen LogP contribution in [0.25, 0.3) is 11.4 Å². The molecule has 0 bridgehead atoms. The minimum Gasteiger partial charge on any atom is -0.264 e. The Bertz CT molecular complexity index is 831. The highest BCUT2D eigenvalue weighted by atomic mass is 32.2. The van der Waals surface area contributed by atoms with Gasteiger partial charge in [-0.2, -0.15) is 22.1 Å². The van der Waals surface area contributed by atoms with Crippen LogP contribution in [0, 0.1) is 0 Å². The highest BCUT2D eigenvalue weighted by Gasteiger charge is 2.31. The molecule has 0 N–H and O–H groups in total. The van der Waals surface area contributed by atoms with E-state index < -0.39 is 10.2 Å². The van der Waals surface area contributed by atoms with Crippen molar-refractivity contribution in [2.45, 2.75) is 32.2 Å². The average molecular weight is 363 g/mol. The molecule has 1 atom stereocenters. The monoisotopic (exact) mass is 363 g/mol. The summed E-state index contributed by atoms with van der Waals surface area (Å²) in [6.07, 6.45) is 3.57. The molecule has 1 aliphatic rings. The van der Waals surface area contributed by atoms with Gasteiger partial charge in [0.1, 0.15) is 0 Å². The predicted octanol–water partition coefficient (Wildman–Crippen LogP) is 1.95. The smallest absolute Gasteiger partial charge is 0.264 e. The molecule has 1 aliphatic heterocycles. The Morgan fingerprint density at radius 2 is 2.08 bits per heavy atom. The lowest BCUT2D eigenvalue weighted by Crippen LogP contribution is -2.45. The molecule has 1 fully saturated rings. The number of piperidine rings is 1. The van der Waals surface area contributed by atoms with Gasteiger partial charge >= 0.3 is 0 Å². The van der Waals surface area contributed by atoms with E-state index in [9.17, 15) is 8.42 Å². The van der Waals surface area contributed by atoms with Crippen LogP contribution in [0.1, 0.15) is 31.4 Å². The maximum atomic E-state index is 12.4. The highest BCUT2D eigenvalue weighted by molar-refractivity contribution is 7.86. The van der Waals surface area contributed by atoms with Gasteiger partial charge in [-0.25, -0.2) is 0 Å². The molecule has 0 amide bonds. The van der Waals surface area contributed by atoms with E-state index in [1.54, 1.807) is 24.6 Å². The number of aromatic nitrogens is 3. The first kappa shape index (κ1) is 18.0. The van der Waals surface area contributed by atoms with E-state index in [0.717, 1.165) is 36.5 Å². The Labute approximate surface area is 149 Å². The van der Waals surface area contributed by atoms with E-state index in [2.05, 4.69) is 5.10 Å². The molecular formula is C17H25N5O2S. The van der Waals surface area contributed by atoms with Crippen LogP contribution in [0.5, 0.6) is 0 Å². The summed E-state index contributed by atoms with van der Waals surface area (Å²) in [5.74, 6) is 0.112. The Balaban J connectivity index is 1.86. The summed E-state index contributed by atoms with van der Waals surface area (Å²) < 4.78 is 29.6. The predicted molar refractivity (Wildman–Crippen MR) is 97.3 cm³/mol. The zero-order valence-corrected chi connectivity index (χ0v) is 15.8. The van der Waals surface area contributed by atoms with Gasteiger partial charge in [0.15, 0.2) is 0 Å². The van der Waals surface area contributed by atoms with Crippen LogP contribution in [0.3, 0.4) is 0 Å². The fourth-order valence-corrected chi connectivity index (χ4v) is 4.44. The van der Waals surface area contributed by atoms with Gasteiger partial charge in [-0.05, 0) is 38.0 Å². The maximum Gasteiger partial charge on any atom is 0.281 e. The summed E-state index contributed by atoms with van der Waals surface area (Å²) >= 11 is 0. The van der Waals surface area contributed by atoms with E-state index in [4.69, 9.17) is 4.98 Å². The van der Waals surface area contributed by atoms with Crippen LogP contribution in [-0.2, 0) is 16.8 Å². The molecule has 0 spiro atoms. The van der Waals surface area contributed by atoms with Gasteiger partial charge in [0.25, 0.3) is 10.2 Å². The molecule has 0 saturated carbocycles. The van der Waals surface area contributed by atoms with E-state index in [0.29, 0.717) is 13.1 Å². The lowest BCUT2D eigenvalue weighted by molar-refractivity contribution is 0.296. The number of hydrogen-bond donors (Lipinski definition) is 0. The third-order valence-corrected chi connectivity index (χ3v) is 6.55. The SMILES string of the molecule is CCn1nccc1-c1cccc([C@@H]2CCCN(S(=O)(=O)N(C)C)C2)n1. The van der Waals surface area contributed by atoms with Gasteiger partial charge in [0.2, 0.25) is 0 Å². The fourth-order valence-electron chi connectivity index (χ4n) is 3.25. The molecule has 0 aliphatic carbocycles. The first-order valence-corrected chi connectivity index (χ1v) is 10.00. The molecule has 3 heterocycles. The van der Waals surface area contributed by atoms with Crippen molar-refractivity contribution in [1.82, 2.24) is 23.4 Å². The lowest BCUT2D eigenvalue weighted by Gasteiger charge is -2.33. The molecule has 0 radical (unpaired) electrons. The summed E-state index contributed by atoms with van der Waals surface area (Å²) in [6.45, 7) is 3.88. The van der Waals surface area contributed by atoms with Crippen LogP contribution in [-0.4, -0.2) is 59.0 Å². The number of aryl methyl sites for hydroxylation is 1. The van der Waals surface area contributed by atoms with Crippen molar-refractivity contribution in [3.63, 3.8) is 0 Å². The van der Waals surface area contributed by atoms with Crippen LogP contribution in [0.15, 0.2) is 30.5 Å². The van der Waals surface area contributed by atoms with E-state index in [1.807, 2.05) is 35.9 Å². The Morgan fingerprint density at radius 3 is 2.80 bits per heavy atom.